The quantitative estimate of drug-likeness (QED) is 0.899. The fourth-order valence-electron chi connectivity index (χ4n) is 2.57. The minimum absolute atomic E-state index is 0.162. The number of hydrogen-bond donors (Lipinski definition) is 1. The van der Waals surface area contributed by atoms with E-state index in [-0.39, 0.29) is 5.41 Å². The maximum atomic E-state index is 5.80. The number of halogens is 1. The highest BCUT2D eigenvalue weighted by atomic mass is 79.9. The van der Waals surface area contributed by atoms with Crippen molar-refractivity contribution in [3.8, 4) is 5.75 Å². The summed E-state index contributed by atoms with van der Waals surface area (Å²) in [6.45, 7) is 7.54. The Bertz CT molecular complexity index is 423. The average Bonchev–Trinajstić information content (AvgIpc) is 2.63. The maximum absolute atomic E-state index is 5.80. The first-order valence-electron chi connectivity index (χ1n) is 6.06. The van der Waals surface area contributed by atoms with Crippen molar-refractivity contribution >= 4 is 15.9 Å². The van der Waals surface area contributed by atoms with Gasteiger partial charge in [0.2, 0.25) is 0 Å². The number of rotatable bonds is 2. The van der Waals surface area contributed by atoms with E-state index in [1.165, 1.54) is 11.1 Å². The molecule has 17 heavy (non-hydrogen) atoms. The molecule has 1 unspecified atom stereocenters. The van der Waals surface area contributed by atoms with Crippen LogP contribution in [0.3, 0.4) is 0 Å². The van der Waals surface area contributed by atoms with E-state index < -0.39 is 0 Å². The lowest BCUT2D eigenvalue weighted by atomic mass is 9.81. The first-order chi connectivity index (χ1) is 7.93. The van der Waals surface area contributed by atoms with Crippen molar-refractivity contribution in [1.29, 1.82) is 0 Å². The number of hydrogen-bond acceptors (Lipinski definition) is 2. The SMILES string of the molecule is CNC(c1cc(Br)cc2c1OCC2)C(C)(C)C. The van der Waals surface area contributed by atoms with Gasteiger partial charge in [-0.1, -0.05) is 36.7 Å². The molecule has 0 spiro atoms. The Morgan fingerprint density at radius 2 is 2.06 bits per heavy atom. The average molecular weight is 298 g/mol. The second kappa shape index (κ2) is 4.62. The maximum Gasteiger partial charge on any atom is 0.127 e. The highest BCUT2D eigenvalue weighted by molar-refractivity contribution is 9.10. The van der Waals surface area contributed by atoms with Crippen LogP contribution in [0.15, 0.2) is 16.6 Å². The summed E-state index contributed by atoms with van der Waals surface area (Å²) in [5.74, 6) is 1.09. The molecule has 94 valence electrons. The van der Waals surface area contributed by atoms with Crippen LogP contribution in [0.1, 0.15) is 37.9 Å². The summed E-state index contributed by atoms with van der Waals surface area (Å²) in [6.07, 6.45) is 1.02. The van der Waals surface area contributed by atoms with Crippen molar-refractivity contribution in [2.45, 2.75) is 33.2 Å². The van der Waals surface area contributed by atoms with Gasteiger partial charge in [0, 0.05) is 22.5 Å². The van der Waals surface area contributed by atoms with Gasteiger partial charge >= 0.3 is 0 Å². The van der Waals surface area contributed by atoms with Crippen LogP contribution in [0.5, 0.6) is 5.75 Å². The summed E-state index contributed by atoms with van der Waals surface area (Å²) in [7, 11) is 2.01. The molecule has 1 N–H and O–H groups in total. The van der Waals surface area contributed by atoms with E-state index in [0.717, 1.165) is 23.2 Å². The normalized spacial score (nSPS) is 16.5. The summed E-state index contributed by atoms with van der Waals surface area (Å²) < 4.78 is 6.94. The molecule has 0 amide bonds. The van der Waals surface area contributed by atoms with Crippen LogP contribution in [0.4, 0.5) is 0 Å². The van der Waals surface area contributed by atoms with E-state index in [0.29, 0.717) is 6.04 Å². The molecule has 2 nitrogen and oxygen atoms in total. The number of fused-ring (bicyclic) bond motifs is 1. The van der Waals surface area contributed by atoms with Crippen LogP contribution in [-0.4, -0.2) is 13.7 Å². The van der Waals surface area contributed by atoms with E-state index in [4.69, 9.17) is 4.74 Å². The van der Waals surface area contributed by atoms with Gasteiger partial charge in [0.05, 0.1) is 6.61 Å². The largest absolute Gasteiger partial charge is 0.493 e. The summed E-state index contributed by atoms with van der Waals surface area (Å²) in [5, 5.41) is 3.41. The standard InChI is InChI=1S/C14H20BrNO/c1-14(2,3)13(16-4)11-8-10(15)7-9-5-6-17-12(9)11/h7-8,13,16H,5-6H2,1-4H3. The Balaban J connectivity index is 2.51. The Kier molecular flexibility index (Phi) is 3.50. The minimum atomic E-state index is 0.162. The van der Waals surface area contributed by atoms with Crippen molar-refractivity contribution in [2.75, 3.05) is 13.7 Å². The van der Waals surface area contributed by atoms with Crippen LogP contribution in [0.25, 0.3) is 0 Å². The van der Waals surface area contributed by atoms with Gasteiger partial charge in [0.1, 0.15) is 5.75 Å². The molecular weight excluding hydrogens is 278 g/mol. The molecule has 1 aliphatic heterocycles. The predicted octanol–water partition coefficient (Wildman–Crippen LogP) is 3.69. The van der Waals surface area contributed by atoms with Crippen LogP contribution in [-0.2, 0) is 6.42 Å². The zero-order chi connectivity index (χ0) is 12.6. The Labute approximate surface area is 112 Å². The van der Waals surface area contributed by atoms with Crippen molar-refractivity contribution < 1.29 is 4.74 Å². The molecule has 0 saturated carbocycles. The molecule has 0 saturated heterocycles. The summed E-state index contributed by atoms with van der Waals surface area (Å²) in [4.78, 5) is 0. The van der Waals surface area contributed by atoms with E-state index >= 15 is 0 Å². The lowest BCUT2D eigenvalue weighted by Gasteiger charge is -2.32. The van der Waals surface area contributed by atoms with Crippen molar-refractivity contribution in [1.82, 2.24) is 5.32 Å². The molecule has 1 aliphatic rings. The molecular formula is C14H20BrNO. The van der Waals surface area contributed by atoms with Crippen molar-refractivity contribution in [3.05, 3.63) is 27.7 Å². The van der Waals surface area contributed by atoms with E-state index in [1.54, 1.807) is 0 Å². The second-order valence-electron chi connectivity index (χ2n) is 5.67. The van der Waals surface area contributed by atoms with E-state index in [9.17, 15) is 0 Å². The molecule has 0 bridgehead atoms. The fourth-order valence-corrected chi connectivity index (χ4v) is 3.09. The van der Waals surface area contributed by atoms with Crippen LogP contribution in [0, 0.1) is 5.41 Å². The van der Waals surface area contributed by atoms with Gasteiger partial charge in [0.25, 0.3) is 0 Å². The van der Waals surface area contributed by atoms with E-state index in [2.05, 4.69) is 54.2 Å². The number of nitrogens with one attached hydrogen (secondary N) is 1. The lowest BCUT2D eigenvalue weighted by Crippen LogP contribution is -2.30. The van der Waals surface area contributed by atoms with Gasteiger partial charge < -0.3 is 10.1 Å². The van der Waals surface area contributed by atoms with Crippen LogP contribution >= 0.6 is 15.9 Å². The first-order valence-corrected chi connectivity index (χ1v) is 6.85. The molecule has 1 aromatic carbocycles. The summed E-state index contributed by atoms with van der Waals surface area (Å²) in [5.41, 5.74) is 2.75. The lowest BCUT2D eigenvalue weighted by molar-refractivity contribution is 0.274. The third-order valence-corrected chi connectivity index (χ3v) is 3.70. The number of ether oxygens (including phenoxy) is 1. The molecule has 3 heteroatoms. The Morgan fingerprint density at radius 3 is 2.65 bits per heavy atom. The third-order valence-electron chi connectivity index (χ3n) is 3.24. The Morgan fingerprint density at radius 1 is 1.35 bits per heavy atom. The van der Waals surface area contributed by atoms with Gasteiger partial charge in [-0.3, -0.25) is 0 Å². The molecule has 2 rings (SSSR count). The van der Waals surface area contributed by atoms with Gasteiger partial charge in [0.15, 0.2) is 0 Å². The molecule has 0 aliphatic carbocycles. The molecule has 1 atom stereocenters. The zero-order valence-electron chi connectivity index (χ0n) is 10.9. The highest BCUT2D eigenvalue weighted by Gasteiger charge is 2.30. The topological polar surface area (TPSA) is 21.3 Å². The summed E-state index contributed by atoms with van der Waals surface area (Å²) in [6, 6.07) is 4.64. The fraction of sp³-hybridized carbons (Fsp3) is 0.571. The van der Waals surface area contributed by atoms with Crippen molar-refractivity contribution in [2.24, 2.45) is 5.41 Å². The smallest absolute Gasteiger partial charge is 0.127 e. The van der Waals surface area contributed by atoms with Gasteiger partial charge in [-0.15, -0.1) is 0 Å². The zero-order valence-corrected chi connectivity index (χ0v) is 12.5. The van der Waals surface area contributed by atoms with Gasteiger partial charge in [-0.2, -0.15) is 0 Å². The monoisotopic (exact) mass is 297 g/mol. The molecule has 0 fully saturated rings. The second-order valence-corrected chi connectivity index (χ2v) is 6.59. The first kappa shape index (κ1) is 12.9. The van der Waals surface area contributed by atoms with Crippen LogP contribution in [0.2, 0.25) is 0 Å². The van der Waals surface area contributed by atoms with Gasteiger partial charge in [-0.05, 0) is 30.2 Å². The molecule has 1 heterocycles. The minimum Gasteiger partial charge on any atom is -0.493 e. The number of benzene rings is 1. The van der Waals surface area contributed by atoms with Crippen LogP contribution < -0.4 is 10.1 Å². The molecule has 1 aromatic rings. The highest BCUT2D eigenvalue weighted by Crippen LogP contribution is 2.42. The molecule has 0 radical (unpaired) electrons. The third kappa shape index (κ3) is 2.50. The van der Waals surface area contributed by atoms with Gasteiger partial charge in [-0.25, -0.2) is 0 Å². The Hall–Kier alpha value is -0.540. The predicted molar refractivity (Wildman–Crippen MR) is 74.6 cm³/mol. The van der Waals surface area contributed by atoms with Crippen molar-refractivity contribution in [3.63, 3.8) is 0 Å². The summed E-state index contributed by atoms with van der Waals surface area (Å²) >= 11 is 3.60. The molecule has 0 aromatic heterocycles. The van der Waals surface area contributed by atoms with E-state index in [1.807, 2.05) is 7.05 Å².